The fourth-order valence-corrected chi connectivity index (χ4v) is 3.34. The normalized spacial score (nSPS) is 26.0. The number of aliphatic hydroxyl groups is 1. The van der Waals surface area contributed by atoms with Crippen LogP contribution in [0.1, 0.15) is 18.9 Å². The molecule has 0 radical (unpaired) electrons. The maximum absolute atomic E-state index is 12.4. The molecular formula is C16H16N2O7. The molecule has 0 aliphatic carbocycles. The molecule has 9 nitrogen and oxygen atoms in total. The summed E-state index contributed by atoms with van der Waals surface area (Å²) in [5, 5.41) is 20.3. The van der Waals surface area contributed by atoms with Crippen LogP contribution in [0.25, 0.3) is 0 Å². The van der Waals surface area contributed by atoms with E-state index in [1.807, 2.05) is 0 Å². The van der Waals surface area contributed by atoms with E-state index < -0.39 is 40.8 Å². The molecule has 2 fully saturated rings. The summed E-state index contributed by atoms with van der Waals surface area (Å²) in [4.78, 5) is 47.7. The third-order valence-electron chi connectivity index (χ3n) is 4.59. The third kappa shape index (κ3) is 2.86. The Labute approximate surface area is 142 Å². The minimum atomic E-state index is -1.33. The highest BCUT2D eigenvalue weighted by Crippen LogP contribution is 2.39. The number of aliphatic hydroxyl groups excluding tert-OH is 1. The molecule has 2 saturated heterocycles. The average Bonchev–Trinajstić information content (AvgIpc) is 2.80. The highest BCUT2D eigenvalue weighted by molar-refractivity contribution is 6.11. The molecule has 9 heteroatoms. The number of benzene rings is 1. The van der Waals surface area contributed by atoms with Gasteiger partial charge in [0.05, 0.1) is 23.0 Å². The number of carbonyl (C=O) groups is 3. The van der Waals surface area contributed by atoms with Gasteiger partial charge in [0.25, 0.3) is 5.69 Å². The molecule has 1 amide bonds. The number of nitro benzene ring substituents is 1. The number of rotatable bonds is 5. The summed E-state index contributed by atoms with van der Waals surface area (Å²) in [6, 6.07) is 3.65. The van der Waals surface area contributed by atoms with Gasteiger partial charge in [0.1, 0.15) is 6.61 Å². The van der Waals surface area contributed by atoms with Gasteiger partial charge in [-0.05, 0) is 24.6 Å². The second-order valence-electron chi connectivity index (χ2n) is 6.18. The van der Waals surface area contributed by atoms with Crippen LogP contribution in [0.3, 0.4) is 0 Å². The molecule has 2 aliphatic rings. The number of ether oxygens (including phenoxy) is 1. The molecule has 0 saturated carbocycles. The smallest absolute Gasteiger partial charge is 0.337 e. The summed E-state index contributed by atoms with van der Waals surface area (Å²) in [5.41, 5.74) is 0.429. The lowest BCUT2D eigenvalue weighted by atomic mass is 9.88. The summed E-state index contributed by atoms with van der Waals surface area (Å²) >= 11 is 0. The van der Waals surface area contributed by atoms with E-state index in [0.29, 0.717) is 5.56 Å². The van der Waals surface area contributed by atoms with Crippen LogP contribution >= 0.6 is 0 Å². The first-order chi connectivity index (χ1) is 11.8. The van der Waals surface area contributed by atoms with E-state index >= 15 is 0 Å². The lowest BCUT2D eigenvalue weighted by Crippen LogP contribution is -2.56. The van der Waals surface area contributed by atoms with Gasteiger partial charge >= 0.3 is 5.97 Å². The highest BCUT2D eigenvalue weighted by Gasteiger charge is 2.61. The molecule has 132 valence electrons. The van der Waals surface area contributed by atoms with Crippen molar-refractivity contribution in [1.29, 1.82) is 0 Å². The van der Waals surface area contributed by atoms with Gasteiger partial charge in [-0.1, -0.05) is 0 Å². The Hall–Kier alpha value is -2.81. The SMILES string of the molecule is CC(O)[C@@H]1C(=O)C(C(=O)OCc2ccc([N+](=O)[O-])cc2)N2C(=O)C[C@@H]12. The minimum Gasteiger partial charge on any atom is -0.459 e. The predicted molar refractivity (Wildman–Crippen MR) is 82.1 cm³/mol. The predicted octanol–water partition coefficient (Wildman–Crippen LogP) is 0.187. The lowest BCUT2D eigenvalue weighted by Gasteiger charge is -2.38. The summed E-state index contributed by atoms with van der Waals surface area (Å²) in [6.45, 7) is 1.28. The van der Waals surface area contributed by atoms with E-state index in [4.69, 9.17) is 4.74 Å². The number of hydrogen-bond acceptors (Lipinski definition) is 7. The van der Waals surface area contributed by atoms with Crippen molar-refractivity contribution in [2.24, 2.45) is 5.92 Å². The largest absolute Gasteiger partial charge is 0.459 e. The lowest BCUT2D eigenvalue weighted by molar-refractivity contribution is -0.384. The molecule has 1 aromatic carbocycles. The topological polar surface area (TPSA) is 127 Å². The van der Waals surface area contributed by atoms with E-state index in [1.54, 1.807) is 0 Å². The molecule has 3 rings (SSSR count). The number of β-lactam (4-membered cyclic amide) rings is 1. The van der Waals surface area contributed by atoms with Crippen LogP contribution in [0.4, 0.5) is 5.69 Å². The monoisotopic (exact) mass is 348 g/mol. The first-order valence-corrected chi connectivity index (χ1v) is 7.74. The van der Waals surface area contributed by atoms with Gasteiger partial charge in [-0.3, -0.25) is 19.7 Å². The van der Waals surface area contributed by atoms with Crippen LogP contribution in [0.15, 0.2) is 24.3 Å². The number of amides is 1. The molecule has 4 atom stereocenters. The molecule has 2 aliphatic heterocycles. The molecule has 0 aromatic heterocycles. The number of ketones is 1. The van der Waals surface area contributed by atoms with Crippen LogP contribution in [0.5, 0.6) is 0 Å². The summed E-state index contributed by atoms with van der Waals surface area (Å²) in [5.74, 6) is -2.47. The van der Waals surface area contributed by atoms with Gasteiger partial charge in [0.15, 0.2) is 11.8 Å². The van der Waals surface area contributed by atoms with E-state index in [2.05, 4.69) is 0 Å². The zero-order chi connectivity index (χ0) is 18.3. The summed E-state index contributed by atoms with van der Waals surface area (Å²) in [6.07, 6.45) is -0.825. The fourth-order valence-electron chi connectivity index (χ4n) is 3.34. The minimum absolute atomic E-state index is 0.0881. The quantitative estimate of drug-likeness (QED) is 0.264. The highest BCUT2D eigenvalue weighted by atomic mass is 16.6. The Bertz CT molecular complexity index is 743. The fraction of sp³-hybridized carbons (Fsp3) is 0.438. The van der Waals surface area contributed by atoms with Crippen molar-refractivity contribution >= 4 is 23.3 Å². The van der Waals surface area contributed by atoms with Gasteiger partial charge in [0, 0.05) is 18.6 Å². The van der Waals surface area contributed by atoms with Crippen molar-refractivity contribution in [2.45, 2.75) is 38.1 Å². The van der Waals surface area contributed by atoms with Crippen LogP contribution < -0.4 is 0 Å². The second-order valence-corrected chi connectivity index (χ2v) is 6.18. The molecule has 0 bridgehead atoms. The number of nitrogens with zero attached hydrogens (tertiary/aromatic N) is 2. The van der Waals surface area contributed by atoms with Crippen molar-refractivity contribution in [2.75, 3.05) is 0 Å². The van der Waals surface area contributed by atoms with Crippen LogP contribution in [-0.2, 0) is 25.7 Å². The van der Waals surface area contributed by atoms with Crippen molar-refractivity contribution in [3.8, 4) is 0 Å². The number of fused-ring (bicyclic) bond motifs is 1. The molecule has 25 heavy (non-hydrogen) atoms. The number of esters is 1. The summed E-state index contributed by atoms with van der Waals surface area (Å²) < 4.78 is 5.11. The molecule has 2 heterocycles. The van der Waals surface area contributed by atoms with Crippen molar-refractivity contribution in [3.05, 3.63) is 39.9 Å². The first-order valence-electron chi connectivity index (χ1n) is 7.74. The van der Waals surface area contributed by atoms with Crippen molar-refractivity contribution < 1.29 is 29.2 Å². The summed E-state index contributed by atoms with van der Waals surface area (Å²) in [7, 11) is 0. The Morgan fingerprint density at radius 1 is 1.40 bits per heavy atom. The van der Waals surface area contributed by atoms with E-state index in [-0.39, 0.29) is 24.6 Å². The van der Waals surface area contributed by atoms with Gasteiger partial charge in [-0.25, -0.2) is 4.79 Å². The molecule has 0 spiro atoms. The first kappa shape index (κ1) is 17.0. The molecule has 1 aromatic rings. The van der Waals surface area contributed by atoms with Crippen LogP contribution in [0.2, 0.25) is 0 Å². The molecule has 1 N–H and O–H groups in total. The van der Waals surface area contributed by atoms with Gasteiger partial charge < -0.3 is 14.7 Å². The van der Waals surface area contributed by atoms with Crippen LogP contribution in [-0.4, -0.2) is 50.8 Å². The third-order valence-corrected chi connectivity index (χ3v) is 4.59. The van der Waals surface area contributed by atoms with Gasteiger partial charge in [-0.15, -0.1) is 0 Å². The Morgan fingerprint density at radius 2 is 2.04 bits per heavy atom. The molecule has 2 unspecified atom stereocenters. The zero-order valence-electron chi connectivity index (χ0n) is 13.3. The molecular weight excluding hydrogens is 332 g/mol. The zero-order valence-corrected chi connectivity index (χ0v) is 13.3. The Morgan fingerprint density at radius 3 is 2.56 bits per heavy atom. The standard InChI is InChI=1S/C16H16N2O7/c1-8(19)13-11-6-12(20)17(11)14(15(13)21)16(22)25-7-9-2-4-10(5-3-9)18(23)24/h2-5,8,11,13-14,19H,6-7H2,1H3/t8?,11-,13-,14?/m0/s1. The van der Waals surface area contributed by atoms with Crippen molar-refractivity contribution in [3.63, 3.8) is 0 Å². The average molecular weight is 348 g/mol. The number of carbonyl (C=O) groups excluding carboxylic acids is 3. The number of non-ortho nitro benzene ring substituents is 1. The Balaban J connectivity index is 1.67. The maximum atomic E-state index is 12.4. The number of Topliss-reactive ketones (excluding diaryl/α,β-unsaturated/α-hetero) is 1. The van der Waals surface area contributed by atoms with Gasteiger partial charge in [-0.2, -0.15) is 0 Å². The van der Waals surface area contributed by atoms with E-state index in [9.17, 15) is 29.6 Å². The number of hydrogen-bond donors (Lipinski definition) is 1. The van der Waals surface area contributed by atoms with E-state index in [0.717, 1.165) is 0 Å². The van der Waals surface area contributed by atoms with E-state index in [1.165, 1.54) is 36.1 Å². The second kappa shape index (κ2) is 6.25. The van der Waals surface area contributed by atoms with Crippen LogP contribution in [0, 0.1) is 16.0 Å². The van der Waals surface area contributed by atoms with Crippen molar-refractivity contribution in [1.82, 2.24) is 4.90 Å². The van der Waals surface area contributed by atoms with Gasteiger partial charge in [0.2, 0.25) is 5.91 Å². The Kier molecular flexibility index (Phi) is 4.25. The number of nitro groups is 1. The maximum Gasteiger partial charge on any atom is 0.337 e.